The topological polar surface area (TPSA) is 64.5 Å². The molecule has 0 fully saturated rings. The van der Waals surface area contributed by atoms with E-state index in [-0.39, 0.29) is 11.9 Å². The van der Waals surface area contributed by atoms with E-state index in [1.165, 1.54) is 37.4 Å². The summed E-state index contributed by atoms with van der Waals surface area (Å²) in [5, 5.41) is 10.2. The van der Waals surface area contributed by atoms with E-state index in [0.29, 0.717) is 16.9 Å². The van der Waals surface area contributed by atoms with Gasteiger partial charge in [-0.3, -0.25) is 0 Å². The van der Waals surface area contributed by atoms with E-state index < -0.39 is 0 Å². The molecule has 120 valence electrons. The third kappa shape index (κ3) is 7.00. The number of aromatic nitrogens is 2. The van der Waals surface area contributed by atoms with Gasteiger partial charge < -0.3 is 14.6 Å². The van der Waals surface area contributed by atoms with Gasteiger partial charge in [0.25, 0.3) is 0 Å². The highest BCUT2D eigenvalue weighted by Gasteiger charge is 2.13. The highest BCUT2D eigenvalue weighted by Crippen LogP contribution is 2.27. The largest absolute Gasteiger partial charge is 0.481 e. The summed E-state index contributed by atoms with van der Waals surface area (Å²) in [6.45, 7) is 2.33. The number of rotatable bonds is 11. The Labute approximate surface area is 131 Å². The molecule has 0 bridgehead atoms. The second-order valence-corrected chi connectivity index (χ2v) is 6.13. The van der Waals surface area contributed by atoms with Crippen LogP contribution in [-0.2, 0) is 0 Å². The first-order valence-corrected chi connectivity index (χ1v) is 8.36. The lowest BCUT2D eigenvalue weighted by Gasteiger charge is -2.13. The fourth-order valence-electron chi connectivity index (χ4n) is 1.96. The van der Waals surface area contributed by atoms with Gasteiger partial charge in [0, 0.05) is 5.25 Å². The molecule has 1 unspecified atom stereocenters. The second kappa shape index (κ2) is 10.7. The SMILES string of the molecule is CCCCCCCC(CO)Sc1nc(OC)cc(OC)n1. The van der Waals surface area contributed by atoms with Crippen LogP contribution in [-0.4, -0.2) is 41.2 Å². The lowest BCUT2D eigenvalue weighted by atomic mass is 10.1. The molecule has 1 N–H and O–H groups in total. The number of thioether (sulfide) groups is 1. The number of methoxy groups -OCH3 is 2. The predicted octanol–water partition coefficient (Wildman–Crippen LogP) is 3.31. The monoisotopic (exact) mass is 314 g/mol. The maximum atomic E-state index is 9.50. The first-order chi connectivity index (χ1) is 10.2. The Bertz CT molecular complexity index is 382. The van der Waals surface area contributed by atoms with Crippen molar-refractivity contribution in [1.29, 1.82) is 0 Å². The minimum atomic E-state index is 0.114. The van der Waals surface area contributed by atoms with Crippen LogP contribution in [0.25, 0.3) is 0 Å². The van der Waals surface area contributed by atoms with Gasteiger partial charge in [0.2, 0.25) is 11.8 Å². The summed E-state index contributed by atoms with van der Waals surface area (Å²) >= 11 is 1.48. The van der Waals surface area contributed by atoms with Crippen LogP contribution >= 0.6 is 11.8 Å². The molecule has 0 radical (unpaired) electrons. The lowest BCUT2D eigenvalue weighted by Crippen LogP contribution is -2.09. The lowest BCUT2D eigenvalue weighted by molar-refractivity contribution is 0.288. The van der Waals surface area contributed by atoms with Crippen LogP contribution in [0.5, 0.6) is 11.8 Å². The summed E-state index contributed by atoms with van der Waals surface area (Å²) in [5.41, 5.74) is 0. The van der Waals surface area contributed by atoms with E-state index in [0.717, 1.165) is 12.8 Å². The van der Waals surface area contributed by atoms with Crippen LogP contribution in [0.1, 0.15) is 45.4 Å². The van der Waals surface area contributed by atoms with Gasteiger partial charge >= 0.3 is 0 Å². The van der Waals surface area contributed by atoms with Crippen molar-refractivity contribution >= 4 is 11.8 Å². The van der Waals surface area contributed by atoms with E-state index in [1.807, 2.05) is 0 Å². The third-order valence-electron chi connectivity index (χ3n) is 3.18. The molecule has 0 amide bonds. The Balaban J connectivity index is 2.51. The first kappa shape index (κ1) is 18.0. The number of hydrogen-bond acceptors (Lipinski definition) is 6. The van der Waals surface area contributed by atoms with Gasteiger partial charge in [-0.1, -0.05) is 50.8 Å². The van der Waals surface area contributed by atoms with E-state index in [2.05, 4.69) is 16.9 Å². The van der Waals surface area contributed by atoms with Gasteiger partial charge in [0.1, 0.15) is 0 Å². The zero-order valence-electron chi connectivity index (χ0n) is 13.2. The maximum absolute atomic E-state index is 9.50. The van der Waals surface area contributed by atoms with E-state index >= 15 is 0 Å². The van der Waals surface area contributed by atoms with Crippen LogP contribution in [0.3, 0.4) is 0 Å². The highest BCUT2D eigenvalue weighted by atomic mass is 32.2. The molecule has 0 saturated heterocycles. The molecule has 0 aromatic carbocycles. The average molecular weight is 314 g/mol. The maximum Gasteiger partial charge on any atom is 0.220 e. The molecule has 0 saturated carbocycles. The zero-order valence-corrected chi connectivity index (χ0v) is 14.0. The van der Waals surface area contributed by atoms with Crippen LogP contribution in [0.15, 0.2) is 11.2 Å². The molecule has 1 atom stereocenters. The van der Waals surface area contributed by atoms with Gasteiger partial charge in [-0.15, -0.1) is 0 Å². The van der Waals surface area contributed by atoms with E-state index in [9.17, 15) is 5.11 Å². The number of aliphatic hydroxyl groups is 1. The van der Waals surface area contributed by atoms with Gasteiger partial charge in [0.15, 0.2) is 5.16 Å². The molecule has 1 aromatic heterocycles. The number of nitrogens with zero attached hydrogens (tertiary/aromatic N) is 2. The molecular weight excluding hydrogens is 288 g/mol. The number of ether oxygens (including phenoxy) is 2. The molecule has 1 heterocycles. The first-order valence-electron chi connectivity index (χ1n) is 7.48. The highest BCUT2D eigenvalue weighted by molar-refractivity contribution is 7.99. The zero-order chi connectivity index (χ0) is 15.5. The van der Waals surface area contributed by atoms with E-state index in [1.54, 1.807) is 20.3 Å². The Morgan fingerprint density at radius 1 is 1.10 bits per heavy atom. The smallest absolute Gasteiger partial charge is 0.220 e. The van der Waals surface area contributed by atoms with Crippen molar-refractivity contribution in [1.82, 2.24) is 9.97 Å². The van der Waals surface area contributed by atoms with Gasteiger partial charge in [-0.05, 0) is 6.42 Å². The van der Waals surface area contributed by atoms with Crippen LogP contribution in [0.2, 0.25) is 0 Å². The molecule has 21 heavy (non-hydrogen) atoms. The minimum Gasteiger partial charge on any atom is -0.481 e. The Morgan fingerprint density at radius 3 is 2.24 bits per heavy atom. The minimum absolute atomic E-state index is 0.114. The van der Waals surface area contributed by atoms with Crippen molar-refractivity contribution in [3.8, 4) is 11.8 Å². The van der Waals surface area contributed by atoms with Crippen molar-refractivity contribution in [3.63, 3.8) is 0 Å². The Hall–Kier alpha value is -1.01. The van der Waals surface area contributed by atoms with E-state index in [4.69, 9.17) is 9.47 Å². The summed E-state index contributed by atoms with van der Waals surface area (Å²) < 4.78 is 10.3. The second-order valence-electron chi connectivity index (χ2n) is 4.86. The summed E-state index contributed by atoms with van der Waals surface area (Å²) in [7, 11) is 3.13. The fraction of sp³-hybridized carbons (Fsp3) is 0.733. The molecule has 5 nitrogen and oxygen atoms in total. The molecule has 0 aliphatic rings. The summed E-state index contributed by atoms with van der Waals surface area (Å²) in [5.74, 6) is 0.952. The predicted molar refractivity (Wildman–Crippen MR) is 85.2 cm³/mol. The Kier molecular flexibility index (Phi) is 9.17. The molecule has 1 aromatic rings. The van der Waals surface area contributed by atoms with Crippen molar-refractivity contribution in [2.24, 2.45) is 0 Å². The quantitative estimate of drug-likeness (QED) is 0.384. The summed E-state index contributed by atoms with van der Waals surface area (Å²) in [4.78, 5) is 8.57. The van der Waals surface area contributed by atoms with Crippen LogP contribution < -0.4 is 9.47 Å². The number of aliphatic hydroxyl groups excluding tert-OH is 1. The molecule has 0 spiro atoms. The summed E-state index contributed by atoms with van der Waals surface area (Å²) in [6.07, 6.45) is 7.10. The van der Waals surface area contributed by atoms with Crippen LogP contribution in [0.4, 0.5) is 0 Å². The number of hydrogen-bond donors (Lipinski definition) is 1. The van der Waals surface area contributed by atoms with Crippen molar-refractivity contribution in [2.45, 2.75) is 55.9 Å². The standard InChI is InChI=1S/C15H26N2O3S/c1-4-5-6-7-8-9-12(11-18)21-15-16-13(19-2)10-14(17-15)20-3/h10,12,18H,4-9,11H2,1-3H3. The molecule has 1 rings (SSSR count). The molecular formula is C15H26N2O3S. The van der Waals surface area contributed by atoms with Gasteiger partial charge in [-0.25, -0.2) is 0 Å². The fourth-order valence-corrected chi connectivity index (χ4v) is 2.90. The van der Waals surface area contributed by atoms with Crippen molar-refractivity contribution in [2.75, 3.05) is 20.8 Å². The van der Waals surface area contributed by atoms with Gasteiger partial charge in [-0.2, -0.15) is 9.97 Å². The van der Waals surface area contributed by atoms with Gasteiger partial charge in [0.05, 0.1) is 26.9 Å². The molecule has 0 aliphatic carbocycles. The Morgan fingerprint density at radius 2 is 1.71 bits per heavy atom. The van der Waals surface area contributed by atoms with Crippen molar-refractivity contribution in [3.05, 3.63) is 6.07 Å². The normalized spacial score (nSPS) is 12.2. The third-order valence-corrected chi connectivity index (χ3v) is 4.29. The van der Waals surface area contributed by atoms with Crippen LogP contribution in [0, 0.1) is 0 Å². The average Bonchev–Trinajstić information content (AvgIpc) is 2.53. The number of unbranched alkanes of at least 4 members (excludes halogenated alkanes) is 4. The molecule has 6 heteroatoms. The molecule has 0 aliphatic heterocycles. The van der Waals surface area contributed by atoms with Crippen molar-refractivity contribution < 1.29 is 14.6 Å². The summed E-state index contributed by atoms with van der Waals surface area (Å²) in [6, 6.07) is 1.64.